The minimum Gasteiger partial charge on any atom is -0.320 e. The van der Waals surface area contributed by atoms with Crippen molar-refractivity contribution in [1.29, 1.82) is 0 Å². The van der Waals surface area contributed by atoms with Crippen molar-refractivity contribution in [2.75, 3.05) is 5.32 Å². The first-order chi connectivity index (χ1) is 9.38. The van der Waals surface area contributed by atoms with Crippen molar-refractivity contribution in [2.24, 2.45) is 0 Å². The third-order valence-electron chi connectivity index (χ3n) is 2.94. The molecule has 0 radical (unpaired) electrons. The van der Waals surface area contributed by atoms with E-state index < -0.39 is 0 Å². The smallest absolute Gasteiger partial charge is 0.275 e. The van der Waals surface area contributed by atoms with Crippen LogP contribution < -0.4 is 5.32 Å². The Kier molecular flexibility index (Phi) is 4.31. The monoisotopic (exact) mass is 308 g/mol. The number of halogens is 2. The van der Waals surface area contributed by atoms with E-state index >= 15 is 0 Å². The third kappa shape index (κ3) is 3.11. The van der Waals surface area contributed by atoms with E-state index in [1.807, 2.05) is 32.9 Å². The van der Waals surface area contributed by atoms with E-state index in [1.54, 1.807) is 12.1 Å². The SMILES string of the molecule is Cc1cc(C)c(NC(=O)c2nc(Cl)ccc2Cl)c(C)c1. The molecule has 0 saturated carbocycles. The van der Waals surface area contributed by atoms with Crippen LogP contribution in [0, 0.1) is 20.8 Å². The fourth-order valence-electron chi connectivity index (χ4n) is 2.13. The molecule has 20 heavy (non-hydrogen) atoms. The average Bonchev–Trinajstić information content (AvgIpc) is 2.36. The summed E-state index contributed by atoms with van der Waals surface area (Å²) in [5, 5.41) is 3.35. The maximum absolute atomic E-state index is 12.3. The predicted octanol–water partition coefficient (Wildman–Crippen LogP) is 4.57. The van der Waals surface area contributed by atoms with Crippen LogP contribution in [0.3, 0.4) is 0 Å². The van der Waals surface area contributed by atoms with Crippen LogP contribution in [0.5, 0.6) is 0 Å². The van der Waals surface area contributed by atoms with Crippen molar-refractivity contribution in [3.8, 4) is 0 Å². The van der Waals surface area contributed by atoms with Crippen molar-refractivity contribution in [3.05, 3.63) is 56.8 Å². The van der Waals surface area contributed by atoms with Gasteiger partial charge in [-0.05, 0) is 44.0 Å². The number of rotatable bonds is 2. The number of pyridine rings is 1. The number of anilines is 1. The van der Waals surface area contributed by atoms with Gasteiger partial charge in [-0.15, -0.1) is 0 Å². The van der Waals surface area contributed by atoms with Crippen molar-refractivity contribution >= 4 is 34.8 Å². The van der Waals surface area contributed by atoms with Gasteiger partial charge in [0.15, 0.2) is 0 Å². The number of nitrogens with one attached hydrogen (secondary N) is 1. The zero-order valence-corrected chi connectivity index (χ0v) is 12.9. The Morgan fingerprint density at radius 2 is 1.70 bits per heavy atom. The molecule has 1 aromatic heterocycles. The van der Waals surface area contributed by atoms with E-state index in [2.05, 4.69) is 10.3 Å². The molecule has 0 atom stereocenters. The molecule has 1 amide bonds. The van der Waals surface area contributed by atoms with Crippen molar-refractivity contribution < 1.29 is 4.79 Å². The van der Waals surface area contributed by atoms with Crippen molar-refractivity contribution in [1.82, 2.24) is 4.98 Å². The van der Waals surface area contributed by atoms with Crippen LogP contribution in [0.25, 0.3) is 0 Å². The minimum atomic E-state index is -0.368. The molecule has 2 aromatic rings. The van der Waals surface area contributed by atoms with Crippen LogP contribution in [0.2, 0.25) is 10.2 Å². The van der Waals surface area contributed by atoms with Crippen LogP contribution in [-0.2, 0) is 0 Å². The first-order valence-corrected chi connectivity index (χ1v) is 6.85. The molecule has 0 unspecified atom stereocenters. The number of hydrogen-bond donors (Lipinski definition) is 1. The summed E-state index contributed by atoms with van der Waals surface area (Å²) in [4.78, 5) is 16.2. The van der Waals surface area contributed by atoms with Gasteiger partial charge < -0.3 is 5.32 Å². The van der Waals surface area contributed by atoms with E-state index in [-0.39, 0.29) is 21.8 Å². The first-order valence-electron chi connectivity index (χ1n) is 6.09. The zero-order chi connectivity index (χ0) is 14.9. The summed E-state index contributed by atoms with van der Waals surface area (Å²) in [5.41, 5.74) is 4.04. The van der Waals surface area contributed by atoms with Gasteiger partial charge in [0.05, 0.1) is 5.02 Å². The quantitative estimate of drug-likeness (QED) is 0.826. The summed E-state index contributed by atoms with van der Waals surface area (Å²) in [5.74, 6) is -0.368. The summed E-state index contributed by atoms with van der Waals surface area (Å²) in [6.07, 6.45) is 0. The standard InChI is InChI=1S/C15H14Cl2N2O/c1-8-6-9(2)13(10(3)7-8)19-15(20)14-11(16)4-5-12(17)18-14/h4-7H,1-3H3,(H,19,20). The van der Waals surface area contributed by atoms with E-state index in [0.29, 0.717) is 0 Å². The van der Waals surface area contributed by atoms with Crippen LogP contribution in [0.4, 0.5) is 5.69 Å². The van der Waals surface area contributed by atoms with Crippen LogP contribution in [-0.4, -0.2) is 10.9 Å². The molecule has 0 aliphatic rings. The molecule has 1 heterocycles. The minimum absolute atomic E-state index is 0.124. The lowest BCUT2D eigenvalue weighted by atomic mass is 10.0. The van der Waals surface area contributed by atoms with E-state index in [0.717, 1.165) is 22.4 Å². The molecule has 0 fully saturated rings. The molecule has 0 spiro atoms. The molecular weight excluding hydrogens is 295 g/mol. The van der Waals surface area contributed by atoms with E-state index in [9.17, 15) is 4.79 Å². The summed E-state index contributed by atoms with van der Waals surface area (Å²) in [6.45, 7) is 5.91. The fourth-order valence-corrected chi connectivity index (χ4v) is 2.47. The Morgan fingerprint density at radius 1 is 1.10 bits per heavy atom. The highest BCUT2D eigenvalue weighted by atomic mass is 35.5. The van der Waals surface area contributed by atoms with Gasteiger partial charge in [-0.1, -0.05) is 40.9 Å². The Balaban J connectivity index is 2.35. The topological polar surface area (TPSA) is 42.0 Å². The molecule has 0 bridgehead atoms. The predicted molar refractivity (Wildman–Crippen MR) is 82.9 cm³/mol. The zero-order valence-electron chi connectivity index (χ0n) is 11.4. The molecule has 2 rings (SSSR count). The fraction of sp³-hybridized carbons (Fsp3) is 0.200. The van der Waals surface area contributed by atoms with Crippen LogP contribution >= 0.6 is 23.2 Å². The summed E-state index contributed by atoms with van der Waals surface area (Å²) >= 11 is 11.8. The highest BCUT2D eigenvalue weighted by Gasteiger charge is 2.15. The number of carbonyl (C=O) groups excluding carboxylic acids is 1. The Bertz CT molecular complexity index is 661. The molecule has 1 aromatic carbocycles. The highest BCUT2D eigenvalue weighted by molar-refractivity contribution is 6.35. The number of hydrogen-bond acceptors (Lipinski definition) is 2. The van der Waals surface area contributed by atoms with Gasteiger partial charge >= 0.3 is 0 Å². The van der Waals surface area contributed by atoms with E-state index in [4.69, 9.17) is 23.2 Å². The Hall–Kier alpha value is -1.58. The molecule has 0 saturated heterocycles. The lowest BCUT2D eigenvalue weighted by Gasteiger charge is -2.13. The lowest BCUT2D eigenvalue weighted by molar-refractivity contribution is 0.102. The normalized spacial score (nSPS) is 10.4. The maximum Gasteiger partial charge on any atom is 0.275 e. The van der Waals surface area contributed by atoms with Gasteiger partial charge in [0, 0.05) is 5.69 Å². The molecular formula is C15H14Cl2N2O. The van der Waals surface area contributed by atoms with Crippen molar-refractivity contribution in [2.45, 2.75) is 20.8 Å². The number of amides is 1. The number of benzene rings is 1. The van der Waals surface area contributed by atoms with Crippen LogP contribution in [0.1, 0.15) is 27.2 Å². The largest absolute Gasteiger partial charge is 0.320 e. The van der Waals surface area contributed by atoms with Gasteiger partial charge in [0.1, 0.15) is 10.8 Å². The molecule has 5 heteroatoms. The second-order valence-corrected chi connectivity index (χ2v) is 5.49. The molecule has 104 valence electrons. The van der Waals surface area contributed by atoms with Gasteiger partial charge in [0.25, 0.3) is 5.91 Å². The number of carbonyl (C=O) groups is 1. The average molecular weight is 309 g/mol. The highest BCUT2D eigenvalue weighted by Crippen LogP contribution is 2.24. The second-order valence-electron chi connectivity index (χ2n) is 4.69. The second kappa shape index (κ2) is 5.81. The summed E-state index contributed by atoms with van der Waals surface area (Å²) in [6, 6.07) is 7.12. The van der Waals surface area contributed by atoms with Crippen LogP contribution in [0.15, 0.2) is 24.3 Å². The van der Waals surface area contributed by atoms with Gasteiger partial charge in [-0.2, -0.15) is 0 Å². The number of aromatic nitrogens is 1. The molecule has 0 aliphatic carbocycles. The summed E-state index contributed by atoms with van der Waals surface area (Å²) < 4.78 is 0. The Morgan fingerprint density at radius 3 is 2.30 bits per heavy atom. The first kappa shape index (κ1) is 14.8. The van der Waals surface area contributed by atoms with Gasteiger partial charge in [-0.3, -0.25) is 4.79 Å². The lowest BCUT2D eigenvalue weighted by Crippen LogP contribution is -2.16. The van der Waals surface area contributed by atoms with E-state index in [1.165, 1.54) is 0 Å². The number of aryl methyl sites for hydroxylation is 3. The van der Waals surface area contributed by atoms with Gasteiger partial charge in [0.2, 0.25) is 0 Å². The molecule has 0 aliphatic heterocycles. The third-order valence-corrected chi connectivity index (χ3v) is 3.46. The Labute approximate surface area is 127 Å². The maximum atomic E-state index is 12.3. The van der Waals surface area contributed by atoms with Crippen molar-refractivity contribution in [3.63, 3.8) is 0 Å². The summed E-state index contributed by atoms with van der Waals surface area (Å²) in [7, 11) is 0. The van der Waals surface area contributed by atoms with Gasteiger partial charge in [-0.25, -0.2) is 4.98 Å². The number of nitrogens with zero attached hydrogens (tertiary/aromatic N) is 1. The molecule has 1 N–H and O–H groups in total. The molecule has 3 nitrogen and oxygen atoms in total.